The molecule has 0 radical (unpaired) electrons. The Labute approximate surface area is 171 Å². The van der Waals surface area contributed by atoms with Crippen molar-refractivity contribution in [3.63, 3.8) is 0 Å². The number of ether oxygens (including phenoxy) is 3. The van der Waals surface area contributed by atoms with E-state index in [9.17, 15) is 9.59 Å². The number of benzene rings is 2. The van der Waals surface area contributed by atoms with E-state index in [-0.39, 0.29) is 12.0 Å². The molecule has 0 atom stereocenters. The zero-order valence-electron chi connectivity index (χ0n) is 17.4. The van der Waals surface area contributed by atoms with Crippen molar-refractivity contribution in [1.29, 1.82) is 0 Å². The number of carbonyl (C=O) groups excluding carboxylic acids is 2. The van der Waals surface area contributed by atoms with E-state index in [4.69, 9.17) is 14.2 Å². The average Bonchev–Trinajstić information content (AvgIpc) is 2.70. The number of rotatable bonds is 7. The second-order valence-corrected chi connectivity index (χ2v) is 7.42. The summed E-state index contributed by atoms with van der Waals surface area (Å²) < 4.78 is 15.4. The van der Waals surface area contributed by atoms with Crippen molar-refractivity contribution in [2.45, 2.75) is 26.2 Å². The number of hydrogen-bond acceptors (Lipinski definition) is 5. The summed E-state index contributed by atoms with van der Waals surface area (Å²) in [5.74, 6) is 0.185. The van der Waals surface area contributed by atoms with Gasteiger partial charge in [0.2, 0.25) is 0 Å². The number of carbonyl (C=O) groups is 2. The minimum Gasteiger partial charge on any atom is -0.497 e. The first kappa shape index (κ1) is 22.0. The van der Waals surface area contributed by atoms with E-state index in [0.717, 1.165) is 0 Å². The van der Waals surface area contributed by atoms with Gasteiger partial charge >= 0.3 is 5.97 Å². The Hall–Kier alpha value is -3.28. The maximum atomic E-state index is 12.0. The molecule has 154 valence electrons. The van der Waals surface area contributed by atoms with E-state index in [2.05, 4.69) is 26.1 Å². The van der Waals surface area contributed by atoms with E-state index in [1.165, 1.54) is 18.7 Å². The van der Waals surface area contributed by atoms with Gasteiger partial charge in [0.1, 0.15) is 11.5 Å². The molecule has 0 spiro atoms. The third-order valence-electron chi connectivity index (χ3n) is 4.22. The van der Waals surface area contributed by atoms with Crippen LogP contribution in [0.1, 0.15) is 31.9 Å². The third-order valence-corrected chi connectivity index (χ3v) is 4.22. The maximum absolute atomic E-state index is 12.0. The second-order valence-electron chi connectivity index (χ2n) is 7.42. The Morgan fingerprint density at radius 3 is 2.28 bits per heavy atom. The van der Waals surface area contributed by atoms with Crippen LogP contribution in [0.15, 0.2) is 48.5 Å². The Morgan fingerprint density at radius 1 is 1.00 bits per heavy atom. The van der Waals surface area contributed by atoms with Crippen LogP contribution in [0.25, 0.3) is 6.08 Å². The lowest BCUT2D eigenvalue weighted by Crippen LogP contribution is -2.20. The summed E-state index contributed by atoms with van der Waals surface area (Å²) in [6, 6.07) is 12.8. The lowest BCUT2D eigenvalue weighted by molar-refractivity contribution is -0.142. The van der Waals surface area contributed by atoms with Crippen LogP contribution in [0.4, 0.5) is 5.69 Å². The molecule has 0 heterocycles. The van der Waals surface area contributed by atoms with Crippen LogP contribution < -0.4 is 14.8 Å². The van der Waals surface area contributed by atoms with E-state index in [0.29, 0.717) is 22.7 Å². The number of anilines is 1. The highest BCUT2D eigenvalue weighted by Gasteiger charge is 2.13. The number of methoxy groups -OCH3 is 2. The van der Waals surface area contributed by atoms with Gasteiger partial charge in [-0.1, -0.05) is 32.9 Å². The molecule has 0 aromatic heterocycles. The van der Waals surface area contributed by atoms with E-state index in [1.807, 2.05) is 24.3 Å². The molecule has 0 aliphatic carbocycles. The quantitative estimate of drug-likeness (QED) is 0.560. The van der Waals surface area contributed by atoms with Crippen LogP contribution in [0.5, 0.6) is 11.5 Å². The fourth-order valence-electron chi connectivity index (χ4n) is 2.56. The fourth-order valence-corrected chi connectivity index (χ4v) is 2.56. The molecule has 0 saturated heterocycles. The van der Waals surface area contributed by atoms with Crippen LogP contribution in [0, 0.1) is 0 Å². The van der Waals surface area contributed by atoms with Crippen molar-refractivity contribution in [1.82, 2.24) is 0 Å². The van der Waals surface area contributed by atoms with Gasteiger partial charge in [0.05, 0.1) is 14.2 Å². The summed E-state index contributed by atoms with van der Waals surface area (Å²) in [7, 11) is 3.09. The lowest BCUT2D eigenvalue weighted by atomic mass is 9.87. The number of nitrogens with one attached hydrogen (secondary N) is 1. The van der Waals surface area contributed by atoms with Gasteiger partial charge in [-0.3, -0.25) is 4.79 Å². The Balaban J connectivity index is 1.89. The van der Waals surface area contributed by atoms with E-state index >= 15 is 0 Å². The molecular formula is C23H27NO5. The summed E-state index contributed by atoms with van der Waals surface area (Å²) in [5.41, 5.74) is 2.51. The molecule has 1 N–H and O–H groups in total. The van der Waals surface area contributed by atoms with E-state index < -0.39 is 11.9 Å². The summed E-state index contributed by atoms with van der Waals surface area (Å²) in [6.07, 6.45) is 2.79. The minimum absolute atomic E-state index is 0.0376. The van der Waals surface area contributed by atoms with Crippen molar-refractivity contribution in [2.24, 2.45) is 0 Å². The van der Waals surface area contributed by atoms with Crippen LogP contribution in [0.2, 0.25) is 0 Å². The van der Waals surface area contributed by atoms with Gasteiger partial charge in [0.25, 0.3) is 5.91 Å². The molecule has 0 aliphatic rings. The molecule has 0 saturated carbocycles. The Morgan fingerprint density at radius 2 is 1.69 bits per heavy atom. The average molecular weight is 397 g/mol. The standard InChI is InChI=1S/C23H27NO5/c1-23(2,3)17-7-9-18(10-8-17)24-21(25)15-29-22(26)13-6-16-14-19(27-4)11-12-20(16)28-5/h6-14H,15H2,1-5H3,(H,24,25)/b13-6+. The van der Waals surface area contributed by atoms with Gasteiger partial charge in [0, 0.05) is 17.3 Å². The highest BCUT2D eigenvalue weighted by atomic mass is 16.5. The highest BCUT2D eigenvalue weighted by Crippen LogP contribution is 2.25. The van der Waals surface area contributed by atoms with Crippen molar-refractivity contribution < 1.29 is 23.8 Å². The van der Waals surface area contributed by atoms with Gasteiger partial charge in [-0.05, 0) is 47.4 Å². The van der Waals surface area contributed by atoms with Gasteiger partial charge in [-0.15, -0.1) is 0 Å². The molecule has 6 nitrogen and oxygen atoms in total. The number of hydrogen-bond donors (Lipinski definition) is 1. The number of amides is 1. The van der Waals surface area contributed by atoms with Crippen LogP contribution in [-0.4, -0.2) is 32.7 Å². The first-order chi connectivity index (χ1) is 13.7. The molecule has 1 amide bonds. The van der Waals surface area contributed by atoms with Crippen LogP contribution in [0.3, 0.4) is 0 Å². The first-order valence-corrected chi connectivity index (χ1v) is 9.20. The SMILES string of the molecule is COc1ccc(OC)c(/C=C/C(=O)OCC(=O)Nc2ccc(C(C)(C)C)cc2)c1. The molecule has 0 fully saturated rings. The first-order valence-electron chi connectivity index (χ1n) is 9.20. The molecule has 0 unspecified atom stereocenters. The highest BCUT2D eigenvalue weighted by molar-refractivity contribution is 5.94. The molecule has 29 heavy (non-hydrogen) atoms. The Kier molecular flexibility index (Phi) is 7.42. The maximum Gasteiger partial charge on any atom is 0.331 e. The van der Waals surface area contributed by atoms with Gasteiger partial charge in [-0.25, -0.2) is 4.79 Å². The van der Waals surface area contributed by atoms with Crippen molar-refractivity contribution in [3.8, 4) is 11.5 Å². The molecular weight excluding hydrogens is 370 g/mol. The molecule has 2 rings (SSSR count). The predicted octanol–water partition coefficient (Wildman–Crippen LogP) is 4.20. The predicted molar refractivity (Wildman–Crippen MR) is 113 cm³/mol. The van der Waals surface area contributed by atoms with Gasteiger partial charge < -0.3 is 19.5 Å². The lowest BCUT2D eigenvalue weighted by Gasteiger charge is -2.19. The van der Waals surface area contributed by atoms with Crippen molar-refractivity contribution in [3.05, 3.63) is 59.7 Å². The van der Waals surface area contributed by atoms with Crippen LogP contribution in [-0.2, 0) is 19.7 Å². The summed E-state index contributed by atoms with van der Waals surface area (Å²) in [4.78, 5) is 23.9. The minimum atomic E-state index is -0.631. The fraction of sp³-hybridized carbons (Fsp3) is 0.304. The second kappa shape index (κ2) is 9.78. The molecule has 2 aromatic rings. The van der Waals surface area contributed by atoms with Gasteiger partial charge in [-0.2, -0.15) is 0 Å². The topological polar surface area (TPSA) is 73.9 Å². The number of esters is 1. The summed E-state index contributed by atoms with van der Waals surface area (Å²) in [5, 5.41) is 2.71. The molecule has 6 heteroatoms. The molecule has 2 aromatic carbocycles. The van der Waals surface area contributed by atoms with Crippen LogP contribution >= 0.6 is 0 Å². The smallest absolute Gasteiger partial charge is 0.331 e. The zero-order chi connectivity index (χ0) is 21.4. The molecule has 0 bridgehead atoms. The third kappa shape index (κ3) is 6.68. The van der Waals surface area contributed by atoms with Crippen molar-refractivity contribution in [2.75, 3.05) is 26.1 Å². The molecule has 0 aliphatic heterocycles. The van der Waals surface area contributed by atoms with Crippen molar-refractivity contribution >= 4 is 23.6 Å². The monoisotopic (exact) mass is 397 g/mol. The normalized spacial score (nSPS) is 11.2. The van der Waals surface area contributed by atoms with E-state index in [1.54, 1.807) is 31.4 Å². The zero-order valence-corrected chi connectivity index (χ0v) is 17.4. The largest absolute Gasteiger partial charge is 0.497 e. The summed E-state index contributed by atoms with van der Waals surface area (Å²) in [6.45, 7) is 5.98. The Bertz CT molecular complexity index is 879. The summed E-state index contributed by atoms with van der Waals surface area (Å²) >= 11 is 0. The van der Waals surface area contributed by atoms with Gasteiger partial charge in [0.15, 0.2) is 6.61 Å².